The number of nitrogens with zero attached hydrogens (tertiary/aromatic N) is 1. The molecule has 0 aromatic heterocycles. The van der Waals surface area contributed by atoms with Crippen LogP contribution < -0.4 is 10.6 Å². The Morgan fingerprint density at radius 2 is 1.80 bits per heavy atom. The van der Waals surface area contributed by atoms with Crippen LogP contribution in [-0.4, -0.2) is 23.8 Å². The number of rotatable bonds is 4. The first kappa shape index (κ1) is 15.3. The van der Waals surface area contributed by atoms with Gasteiger partial charge in [-0.25, -0.2) is 0 Å². The van der Waals surface area contributed by atoms with Crippen LogP contribution in [0.2, 0.25) is 0 Å². The van der Waals surface area contributed by atoms with E-state index in [-0.39, 0.29) is 11.2 Å². The van der Waals surface area contributed by atoms with Crippen LogP contribution in [0.1, 0.15) is 46.6 Å². The molecule has 3 nitrogen and oxygen atoms in total. The molecule has 0 bridgehead atoms. The van der Waals surface area contributed by atoms with Gasteiger partial charge in [0.25, 0.3) is 0 Å². The Morgan fingerprint density at radius 1 is 1.20 bits per heavy atom. The molecule has 1 heterocycles. The van der Waals surface area contributed by atoms with E-state index in [0.717, 1.165) is 13.0 Å². The van der Waals surface area contributed by atoms with Crippen molar-refractivity contribution in [1.82, 2.24) is 0 Å². The molecule has 2 N–H and O–H groups in total. The highest BCUT2D eigenvalue weighted by atomic mass is 16.5. The van der Waals surface area contributed by atoms with Gasteiger partial charge in [0, 0.05) is 18.8 Å². The lowest BCUT2D eigenvalue weighted by molar-refractivity contribution is -0.0678. The zero-order valence-electron chi connectivity index (χ0n) is 13.4. The van der Waals surface area contributed by atoms with Crippen LogP contribution in [0.15, 0.2) is 24.3 Å². The van der Waals surface area contributed by atoms with Gasteiger partial charge < -0.3 is 15.4 Å². The summed E-state index contributed by atoms with van der Waals surface area (Å²) in [5, 5.41) is 0. The summed E-state index contributed by atoms with van der Waals surface area (Å²) in [6.45, 7) is 12.5. The van der Waals surface area contributed by atoms with E-state index < -0.39 is 0 Å². The topological polar surface area (TPSA) is 38.5 Å². The zero-order valence-corrected chi connectivity index (χ0v) is 13.4. The van der Waals surface area contributed by atoms with Crippen molar-refractivity contribution in [1.29, 1.82) is 0 Å². The van der Waals surface area contributed by atoms with Crippen LogP contribution in [0.25, 0.3) is 0 Å². The molecule has 1 unspecified atom stereocenters. The lowest BCUT2D eigenvalue weighted by atomic mass is 9.92. The van der Waals surface area contributed by atoms with Gasteiger partial charge >= 0.3 is 0 Å². The standard InChI is InChI=1S/C17H28N2O/c1-6-19(14-9-7-13(12-18)8-10-14)15-11-16(2,3)20-17(15,4)5/h7-10,15H,6,11-12,18H2,1-5H3. The highest BCUT2D eigenvalue weighted by Crippen LogP contribution is 2.41. The summed E-state index contributed by atoms with van der Waals surface area (Å²) < 4.78 is 6.24. The van der Waals surface area contributed by atoms with Gasteiger partial charge in [-0.2, -0.15) is 0 Å². The third-order valence-corrected chi connectivity index (χ3v) is 4.25. The summed E-state index contributed by atoms with van der Waals surface area (Å²) in [4.78, 5) is 2.45. The monoisotopic (exact) mass is 276 g/mol. The van der Waals surface area contributed by atoms with Gasteiger partial charge in [0.2, 0.25) is 0 Å². The molecule has 0 radical (unpaired) electrons. The molecule has 1 aromatic rings. The van der Waals surface area contributed by atoms with Gasteiger partial charge in [-0.05, 0) is 58.7 Å². The number of hydrogen-bond donors (Lipinski definition) is 1. The Hall–Kier alpha value is -1.06. The van der Waals surface area contributed by atoms with Crippen LogP contribution in [0, 0.1) is 0 Å². The predicted octanol–water partition coefficient (Wildman–Crippen LogP) is 3.32. The van der Waals surface area contributed by atoms with E-state index in [1.807, 2.05) is 0 Å². The van der Waals surface area contributed by atoms with Crippen molar-refractivity contribution in [2.24, 2.45) is 5.73 Å². The number of hydrogen-bond acceptors (Lipinski definition) is 3. The molecule has 1 aromatic carbocycles. The molecule has 0 saturated carbocycles. The van der Waals surface area contributed by atoms with Crippen molar-refractivity contribution in [3.63, 3.8) is 0 Å². The molecule has 1 saturated heterocycles. The third-order valence-electron chi connectivity index (χ3n) is 4.25. The minimum Gasteiger partial charge on any atom is -0.367 e. The van der Waals surface area contributed by atoms with E-state index in [0.29, 0.717) is 12.6 Å². The van der Waals surface area contributed by atoms with Crippen LogP contribution in [0.5, 0.6) is 0 Å². The van der Waals surface area contributed by atoms with Crippen molar-refractivity contribution in [3.05, 3.63) is 29.8 Å². The normalized spacial score (nSPS) is 23.8. The van der Waals surface area contributed by atoms with Crippen LogP contribution in [0.3, 0.4) is 0 Å². The van der Waals surface area contributed by atoms with E-state index in [2.05, 4.69) is 63.8 Å². The lowest BCUT2D eigenvalue weighted by Crippen LogP contribution is -2.46. The number of benzene rings is 1. The predicted molar refractivity (Wildman–Crippen MR) is 85.0 cm³/mol. The van der Waals surface area contributed by atoms with Crippen molar-refractivity contribution < 1.29 is 4.74 Å². The van der Waals surface area contributed by atoms with Crippen molar-refractivity contribution >= 4 is 5.69 Å². The molecule has 112 valence electrons. The lowest BCUT2D eigenvalue weighted by Gasteiger charge is -2.37. The molecule has 2 rings (SSSR count). The molecule has 3 heteroatoms. The quantitative estimate of drug-likeness (QED) is 0.917. The molecule has 0 amide bonds. The van der Waals surface area contributed by atoms with E-state index >= 15 is 0 Å². The fourth-order valence-electron chi connectivity index (χ4n) is 3.43. The summed E-state index contributed by atoms with van der Waals surface area (Å²) >= 11 is 0. The maximum absolute atomic E-state index is 6.24. The van der Waals surface area contributed by atoms with Crippen molar-refractivity contribution in [2.45, 2.75) is 64.8 Å². The molecule has 0 aliphatic carbocycles. The highest BCUT2D eigenvalue weighted by Gasteiger charge is 2.48. The maximum atomic E-state index is 6.24. The smallest absolute Gasteiger partial charge is 0.0837 e. The van der Waals surface area contributed by atoms with Gasteiger partial charge in [-0.15, -0.1) is 0 Å². The largest absolute Gasteiger partial charge is 0.367 e. The third kappa shape index (κ3) is 2.99. The summed E-state index contributed by atoms with van der Waals surface area (Å²) in [7, 11) is 0. The Kier molecular flexibility index (Phi) is 4.12. The summed E-state index contributed by atoms with van der Waals surface area (Å²) in [6.07, 6.45) is 1.05. The molecule has 1 fully saturated rings. The Labute approximate surface area is 123 Å². The van der Waals surface area contributed by atoms with Crippen molar-refractivity contribution in [2.75, 3.05) is 11.4 Å². The highest BCUT2D eigenvalue weighted by molar-refractivity contribution is 5.49. The number of likely N-dealkylation sites (N-methyl/N-ethyl adjacent to an activating group) is 1. The number of ether oxygens (including phenoxy) is 1. The number of anilines is 1. The van der Waals surface area contributed by atoms with E-state index in [1.54, 1.807) is 0 Å². The van der Waals surface area contributed by atoms with Gasteiger partial charge in [0.05, 0.1) is 17.2 Å². The molecular formula is C17H28N2O. The number of nitrogens with two attached hydrogens (primary N) is 1. The van der Waals surface area contributed by atoms with E-state index in [4.69, 9.17) is 10.5 Å². The van der Waals surface area contributed by atoms with Crippen molar-refractivity contribution in [3.8, 4) is 0 Å². The average Bonchev–Trinajstić information content (AvgIpc) is 2.59. The summed E-state index contributed by atoms with van der Waals surface area (Å²) in [5.41, 5.74) is 7.91. The van der Waals surface area contributed by atoms with Gasteiger partial charge in [0.1, 0.15) is 0 Å². The Morgan fingerprint density at radius 3 is 2.20 bits per heavy atom. The second-order valence-electron chi connectivity index (χ2n) is 6.84. The van der Waals surface area contributed by atoms with Gasteiger partial charge in [0.15, 0.2) is 0 Å². The van der Waals surface area contributed by atoms with Crippen LogP contribution in [-0.2, 0) is 11.3 Å². The molecule has 1 atom stereocenters. The van der Waals surface area contributed by atoms with Crippen LogP contribution >= 0.6 is 0 Å². The van der Waals surface area contributed by atoms with E-state index in [1.165, 1.54) is 11.3 Å². The second-order valence-corrected chi connectivity index (χ2v) is 6.84. The maximum Gasteiger partial charge on any atom is 0.0837 e. The Bertz CT molecular complexity index is 451. The first-order valence-electron chi connectivity index (χ1n) is 7.55. The zero-order chi connectivity index (χ0) is 15.0. The molecule has 1 aliphatic rings. The molecule has 0 spiro atoms. The SMILES string of the molecule is CCN(c1ccc(CN)cc1)C1CC(C)(C)OC1(C)C. The molecular weight excluding hydrogens is 248 g/mol. The first-order chi connectivity index (χ1) is 9.29. The summed E-state index contributed by atoms with van der Waals surface area (Å²) in [5.74, 6) is 0. The summed E-state index contributed by atoms with van der Waals surface area (Å²) in [6, 6.07) is 8.98. The van der Waals surface area contributed by atoms with E-state index in [9.17, 15) is 0 Å². The fourth-order valence-corrected chi connectivity index (χ4v) is 3.43. The first-order valence-corrected chi connectivity index (χ1v) is 7.55. The molecule has 1 aliphatic heterocycles. The minimum absolute atomic E-state index is 0.0568. The molecule has 20 heavy (non-hydrogen) atoms. The fraction of sp³-hybridized carbons (Fsp3) is 0.647. The second kappa shape index (κ2) is 5.38. The van der Waals surface area contributed by atoms with Gasteiger partial charge in [-0.1, -0.05) is 12.1 Å². The Balaban J connectivity index is 2.27. The van der Waals surface area contributed by atoms with Crippen LogP contribution in [0.4, 0.5) is 5.69 Å². The van der Waals surface area contributed by atoms with Gasteiger partial charge in [-0.3, -0.25) is 0 Å². The minimum atomic E-state index is -0.133. The average molecular weight is 276 g/mol.